The molecule has 0 spiro atoms. The summed E-state index contributed by atoms with van der Waals surface area (Å²) >= 11 is 0. The summed E-state index contributed by atoms with van der Waals surface area (Å²) in [4.78, 5) is 27.9. The van der Waals surface area contributed by atoms with Gasteiger partial charge < -0.3 is 20.7 Å². The van der Waals surface area contributed by atoms with E-state index in [1.165, 1.54) is 0 Å². The van der Waals surface area contributed by atoms with Crippen LogP contribution in [-0.4, -0.2) is 41.1 Å². The van der Waals surface area contributed by atoms with Crippen LogP contribution in [0.15, 0.2) is 30.5 Å². The van der Waals surface area contributed by atoms with Gasteiger partial charge in [-0.1, -0.05) is 24.6 Å². The zero-order valence-electron chi connectivity index (χ0n) is 15.5. The maximum atomic E-state index is 13.1. The number of carbonyl (C=O) groups excluding carboxylic acids is 2. The zero-order chi connectivity index (χ0) is 18.9. The SMILES string of the molecule is O=C1CCC(C2(C(=O)NC(CO)Cc3c[nH]c4ccccc34)CCC2)CN1. The van der Waals surface area contributed by atoms with E-state index in [2.05, 4.69) is 21.7 Å². The molecule has 1 aliphatic carbocycles. The number of aromatic nitrogens is 1. The number of aliphatic hydroxyl groups is 1. The van der Waals surface area contributed by atoms with Crippen molar-refractivity contribution in [2.75, 3.05) is 13.2 Å². The van der Waals surface area contributed by atoms with Crippen molar-refractivity contribution < 1.29 is 14.7 Å². The van der Waals surface area contributed by atoms with E-state index in [9.17, 15) is 14.7 Å². The molecule has 1 aromatic carbocycles. The highest BCUT2D eigenvalue weighted by Gasteiger charge is 2.51. The van der Waals surface area contributed by atoms with Gasteiger partial charge in [-0.2, -0.15) is 0 Å². The lowest BCUT2D eigenvalue weighted by Crippen LogP contribution is -2.57. The number of hydrogen-bond donors (Lipinski definition) is 4. The molecule has 2 amide bonds. The van der Waals surface area contributed by atoms with Crippen molar-refractivity contribution in [3.63, 3.8) is 0 Å². The zero-order valence-corrected chi connectivity index (χ0v) is 15.5. The summed E-state index contributed by atoms with van der Waals surface area (Å²) < 4.78 is 0. The van der Waals surface area contributed by atoms with Crippen molar-refractivity contribution in [1.82, 2.24) is 15.6 Å². The third-order valence-electron chi connectivity index (χ3n) is 6.44. The molecule has 4 rings (SSSR count). The molecule has 6 heteroatoms. The maximum absolute atomic E-state index is 13.1. The first-order valence-corrected chi connectivity index (χ1v) is 9.86. The van der Waals surface area contributed by atoms with Gasteiger partial charge in [0.1, 0.15) is 0 Å². The lowest BCUT2D eigenvalue weighted by atomic mass is 9.58. The van der Waals surface area contributed by atoms with Gasteiger partial charge in [-0.25, -0.2) is 0 Å². The fourth-order valence-corrected chi connectivity index (χ4v) is 4.64. The van der Waals surface area contributed by atoms with Gasteiger partial charge in [0.25, 0.3) is 0 Å². The number of nitrogens with one attached hydrogen (secondary N) is 3. The Morgan fingerprint density at radius 2 is 2.15 bits per heavy atom. The van der Waals surface area contributed by atoms with Gasteiger partial charge in [0, 0.05) is 30.1 Å². The molecular formula is C21H27N3O3. The number of aromatic amines is 1. The lowest BCUT2D eigenvalue weighted by molar-refractivity contribution is -0.144. The van der Waals surface area contributed by atoms with Crippen LogP contribution in [-0.2, 0) is 16.0 Å². The number of benzene rings is 1. The predicted molar refractivity (Wildman–Crippen MR) is 103 cm³/mol. The van der Waals surface area contributed by atoms with Crippen molar-refractivity contribution in [2.45, 2.75) is 44.6 Å². The first kappa shape index (κ1) is 18.0. The van der Waals surface area contributed by atoms with Gasteiger partial charge >= 0.3 is 0 Å². The summed E-state index contributed by atoms with van der Waals surface area (Å²) in [6.45, 7) is 0.487. The highest BCUT2D eigenvalue weighted by molar-refractivity contribution is 5.86. The van der Waals surface area contributed by atoms with Gasteiger partial charge in [0.15, 0.2) is 0 Å². The summed E-state index contributed by atoms with van der Waals surface area (Å²) in [7, 11) is 0. The van der Waals surface area contributed by atoms with E-state index in [0.717, 1.165) is 42.1 Å². The second kappa shape index (κ2) is 7.35. The number of amides is 2. The fourth-order valence-electron chi connectivity index (χ4n) is 4.64. The number of piperidine rings is 1. The first-order chi connectivity index (χ1) is 13.1. The lowest BCUT2D eigenvalue weighted by Gasteiger charge is -2.48. The second-order valence-electron chi connectivity index (χ2n) is 7.97. The Hall–Kier alpha value is -2.34. The third-order valence-corrected chi connectivity index (χ3v) is 6.44. The molecule has 2 unspecified atom stereocenters. The van der Waals surface area contributed by atoms with Crippen LogP contribution in [0.2, 0.25) is 0 Å². The average molecular weight is 369 g/mol. The largest absolute Gasteiger partial charge is 0.394 e. The second-order valence-corrected chi connectivity index (χ2v) is 7.97. The Morgan fingerprint density at radius 3 is 2.81 bits per heavy atom. The quantitative estimate of drug-likeness (QED) is 0.626. The molecule has 27 heavy (non-hydrogen) atoms. The van der Waals surface area contributed by atoms with Crippen LogP contribution in [0.5, 0.6) is 0 Å². The van der Waals surface area contributed by atoms with E-state index >= 15 is 0 Å². The summed E-state index contributed by atoms with van der Waals surface area (Å²) in [6.07, 6.45) is 6.59. The summed E-state index contributed by atoms with van der Waals surface area (Å²) in [5.74, 6) is 0.305. The third kappa shape index (κ3) is 3.34. The number of H-pyrrole nitrogens is 1. The summed E-state index contributed by atoms with van der Waals surface area (Å²) in [5, 5.41) is 17.0. The molecule has 1 saturated carbocycles. The number of aliphatic hydroxyl groups excluding tert-OH is 1. The van der Waals surface area contributed by atoms with E-state index < -0.39 is 0 Å². The van der Waals surface area contributed by atoms with Crippen molar-refractivity contribution in [2.24, 2.45) is 11.3 Å². The number of rotatable bonds is 6. The van der Waals surface area contributed by atoms with Crippen molar-refractivity contribution >= 4 is 22.7 Å². The molecule has 6 nitrogen and oxygen atoms in total. The molecule has 0 bridgehead atoms. The monoisotopic (exact) mass is 369 g/mol. The fraction of sp³-hybridized carbons (Fsp3) is 0.524. The standard InChI is InChI=1S/C21H27N3O3/c25-13-16(10-14-11-22-18-5-2-1-4-17(14)18)24-20(27)21(8-3-9-21)15-6-7-19(26)23-12-15/h1-2,4-5,11,15-16,22,25H,3,6-10,12-13H2,(H,23,26)(H,24,27). The smallest absolute Gasteiger partial charge is 0.226 e. The van der Waals surface area contributed by atoms with E-state index in [0.29, 0.717) is 19.4 Å². The minimum atomic E-state index is -0.388. The number of hydrogen-bond acceptors (Lipinski definition) is 3. The van der Waals surface area contributed by atoms with E-state index in [1.807, 2.05) is 24.4 Å². The molecule has 2 aliphatic rings. The van der Waals surface area contributed by atoms with Crippen molar-refractivity contribution in [3.8, 4) is 0 Å². The van der Waals surface area contributed by atoms with Crippen LogP contribution in [0, 0.1) is 11.3 Å². The number of para-hydroxylation sites is 1. The molecule has 4 N–H and O–H groups in total. The number of carbonyl (C=O) groups is 2. The van der Waals surface area contributed by atoms with Crippen LogP contribution >= 0.6 is 0 Å². The van der Waals surface area contributed by atoms with Crippen LogP contribution in [0.3, 0.4) is 0 Å². The molecule has 2 heterocycles. The first-order valence-electron chi connectivity index (χ1n) is 9.86. The Bertz CT molecular complexity index is 830. The molecule has 2 fully saturated rings. The van der Waals surface area contributed by atoms with Gasteiger partial charge in [-0.15, -0.1) is 0 Å². The average Bonchev–Trinajstić information content (AvgIpc) is 3.05. The van der Waals surface area contributed by atoms with E-state index in [1.54, 1.807) is 0 Å². The molecule has 1 saturated heterocycles. The van der Waals surface area contributed by atoms with E-state index in [-0.39, 0.29) is 35.8 Å². The van der Waals surface area contributed by atoms with Crippen molar-refractivity contribution in [1.29, 1.82) is 0 Å². The van der Waals surface area contributed by atoms with Crippen LogP contribution in [0.1, 0.15) is 37.7 Å². The van der Waals surface area contributed by atoms with E-state index in [4.69, 9.17) is 0 Å². The summed E-state index contributed by atoms with van der Waals surface area (Å²) in [5.41, 5.74) is 1.77. The molecular weight excluding hydrogens is 342 g/mol. The molecule has 2 aromatic rings. The minimum absolute atomic E-state index is 0.0359. The van der Waals surface area contributed by atoms with Crippen LogP contribution < -0.4 is 10.6 Å². The molecule has 0 radical (unpaired) electrons. The topological polar surface area (TPSA) is 94.2 Å². The molecule has 1 aliphatic heterocycles. The Balaban J connectivity index is 1.45. The Morgan fingerprint density at radius 1 is 1.33 bits per heavy atom. The number of fused-ring (bicyclic) bond motifs is 1. The molecule has 144 valence electrons. The van der Waals surface area contributed by atoms with Crippen LogP contribution in [0.25, 0.3) is 10.9 Å². The normalized spacial score (nSPS) is 22.7. The van der Waals surface area contributed by atoms with Gasteiger partial charge in [-0.05, 0) is 43.2 Å². The van der Waals surface area contributed by atoms with Crippen LogP contribution in [0.4, 0.5) is 0 Å². The maximum Gasteiger partial charge on any atom is 0.226 e. The summed E-state index contributed by atoms with van der Waals surface area (Å²) in [6, 6.07) is 7.73. The van der Waals surface area contributed by atoms with Gasteiger partial charge in [0.2, 0.25) is 11.8 Å². The van der Waals surface area contributed by atoms with Gasteiger partial charge in [-0.3, -0.25) is 9.59 Å². The Kier molecular flexibility index (Phi) is 4.91. The Labute approximate surface area is 158 Å². The highest BCUT2D eigenvalue weighted by atomic mass is 16.3. The van der Waals surface area contributed by atoms with Crippen molar-refractivity contribution in [3.05, 3.63) is 36.0 Å². The highest BCUT2D eigenvalue weighted by Crippen LogP contribution is 2.49. The molecule has 1 aromatic heterocycles. The minimum Gasteiger partial charge on any atom is -0.394 e. The predicted octanol–water partition coefficient (Wildman–Crippen LogP) is 1.88. The molecule has 2 atom stereocenters. The van der Waals surface area contributed by atoms with Gasteiger partial charge in [0.05, 0.1) is 18.1 Å².